The number of methoxy groups -OCH3 is 1. The van der Waals surface area contributed by atoms with Crippen molar-refractivity contribution in [1.82, 2.24) is 29.7 Å². The van der Waals surface area contributed by atoms with E-state index in [1.165, 1.54) is 0 Å². The van der Waals surface area contributed by atoms with Gasteiger partial charge in [0.1, 0.15) is 30.0 Å². The summed E-state index contributed by atoms with van der Waals surface area (Å²) >= 11 is 2.19. The van der Waals surface area contributed by atoms with Gasteiger partial charge in [0.2, 0.25) is 5.91 Å². The van der Waals surface area contributed by atoms with Crippen LogP contribution in [0.25, 0.3) is 11.0 Å². The quantitative estimate of drug-likeness (QED) is 0.557. The molecule has 3 aromatic rings. The summed E-state index contributed by atoms with van der Waals surface area (Å²) in [6, 6.07) is 5.62. The molecule has 9 heteroatoms. The maximum Gasteiger partial charge on any atom is 0.243 e. The van der Waals surface area contributed by atoms with Gasteiger partial charge in [0.25, 0.3) is 0 Å². The standard InChI is InChI=1S/C18H21IN6O2/c1-11-22-13-4-3-12(27-2)7-14(13)25(11)10-17(26)24-6-5-20-8-15(24)18-21-9-16(19)23-18/h3-4,7,9,15,20H,5-6,8,10H2,1-2H3,(H,21,23)/t15-/m0/s1. The first kappa shape index (κ1) is 18.2. The van der Waals surface area contributed by atoms with Crippen LogP contribution < -0.4 is 10.1 Å². The molecule has 8 nitrogen and oxygen atoms in total. The van der Waals surface area contributed by atoms with Gasteiger partial charge in [0, 0.05) is 25.7 Å². The second kappa shape index (κ2) is 7.47. The molecule has 1 amide bonds. The number of hydrogen-bond donors (Lipinski definition) is 2. The summed E-state index contributed by atoms with van der Waals surface area (Å²) in [4.78, 5) is 27.3. The van der Waals surface area contributed by atoms with E-state index in [0.29, 0.717) is 13.1 Å². The van der Waals surface area contributed by atoms with Gasteiger partial charge < -0.3 is 24.5 Å². The number of imidazole rings is 2. The number of piperazine rings is 1. The highest BCUT2D eigenvalue weighted by Gasteiger charge is 2.30. The van der Waals surface area contributed by atoms with E-state index in [1.807, 2.05) is 34.6 Å². The smallest absolute Gasteiger partial charge is 0.243 e. The van der Waals surface area contributed by atoms with Crippen molar-refractivity contribution in [1.29, 1.82) is 0 Å². The molecule has 142 valence electrons. The minimum absolute atomic E-state index is 0.0538. The fourth-order valence-electron chi connectivity index (χ4n) is 3.51. The highest BCUT2D eigenvalue weighted by molar-refractivity contribution is 14.1. The number of amides is 1. The summed E-state index contributed by atoms with van der Waals surface area (Å²) in [7, 11) is 1.63. The van der Waals surface area contributed by atoms with E-state index in [2.05, 4.69) is 42.9 Å². The fourth-order valence-corrected chi connectivity index (χ4v) is 3.92. The van der Waals surface area contributed by atoms with Crippen LogP contribution in [0.15, 0.2) is 24.4 Å². The number of carbonyl (C=O) groups is 1. The monoisotopic (exact) mass is 480 g/mol. The van der Waals surface area contributed by atoms with E-state index >= 15 is 0 Å². The van der Waals surface area contributed by atoms with Gasteiger partial charge in [-0.2, -0.15) is 0 Å². The van der Waals surface area contributed by atoms with Crippen LogP contribution in [0.1, 0.15) is 17.7 Å². The molecular weight excluding hydrogens is 459 g/mol. The van der Waals surface area contributed by atoms with E-state index in [1.54, 1.807) is 13.3 Å². The van der Waals surface area contributed by atoms with Gasteiger partial charge in [-0.25, -0.2) is 9.97 Å². The Hall–Kier alpha value is -2.14. The summed E-state index contributed by atoms with van der Waals surface area (Å²) in [5, 5.41) is 3.35. The first-order valence-corrected chi connectivity index (χ1v) is 9.86. The number of benzene rings is 1. The molecular formula is C18H21IN6O2. The molecule has 1 aliphatic rings. The van der Waals surface area contributed by atoms with E-state index in [4.69, 9.17) is 4.74 Å². The Labute approximate surface area is 170 Å². The number of ether oxygens (including phenoxy) is 1. The molecule has 1 atom stereocenters. The maximum absolute atomic E-state index is 13.2. The molecule has 27 heavy (non-hydrogen) atoms. The van der Waals surface area contributed by atoms with Gasteiger partial charge >= 0.3 is 0 Å². The molecule has 2 aromatic heterocycles. The summed E-state index contributed by atoms with van der Waals surface area (Å²) in [6.07, 6.45) is 1.78. The van der Waals surface area contributed by atoms with Crippen LogP contribution in [-0.4, -0.2) is 57.1 Å². The normalized spacial score (nSPS) is 17.4. The van der Waals surface area contributed by atoms with Gasteiger partial charge in [-0.05, 0) is 41.6 Å². The van der Waals surface area contributed by atoms with E-state index < -0.39 is 0 Å². The molecule has 0 bridgehead atoms. The number of H-pyrrole nitrogens is 1. The molecule has 0 radical (unpaired) electrons. The number of hydrogen-bond acceptors (Lipinski definition) is 5. The molecule has 4 rings (SSSR count). The molecule has 1 aliphatic heterocycles. The number of rotatable bonds is 4. The first-order valence-electron chi connectivity index (χ1n) is 8.78. The number of nitrogens with zero attached hydrogens (tertiary/aromatic N) is 4. The van der Waals surface area contributed by atoms with Crippen LogP contribution >= 0.6 is 22.6 Å². The Morgan fingerprint density at radius 1 is 1.44 bits per heavy atom. The number of carbonyl (C=O) groups excluding carboxylic acids is 1. The zero-order valence-corrected chi connectivity index (χ0v) is 17.4. The third kappa shape index (κ3) is 3.53. The Kier molecular flexibility index (Phi) is 5.04. The van der Waals surface area contributed by atoms with Gasteiger partial charge in [-0.3, -0.25) is 4.79 Å². The summed E-state index contributed by atoms with van der Waals surface area (Å²) in [6.45, 7) is 4.27. The lowest BCUT2D eigenvalue weighted by Crippen LogP contribution is -2.50. The molecule has 0 unspecified atom stereocenters. The number of aromatic nitrogens is 4. The van der Waals surface area contributed by atoms with Crippen molar-refractivity contribution in [2.75, 3.05) is 26.7 Å². The number of fused-ring (bicyclic) bond motifs is 1. The molecule has 1 aromatic carbocycles. The fraction of sp³-hybridized carbons (Fsp3) is 0.389. The van der Waals surface area contributed by atoms with Crippen molar-refractivity contribution in [2.45, 2.75) is 19.5 Å². The summed E-state index contributed by atoms with van der Waals surface area (Å²) in [5.41, 5.74) is 1.76. The van der Waals surface area contributed by atoms with Gasteiger partial charge in [-0.1, -0.05) is 0 Å². The molecule has 0 saturated carbocycles. The third-order valence-corrected chi connectivity index (χ3v) is 5.43. The predicted molar refractivity (Wildman–Crippen MR) is 110 cm³/mol. The van der Waals surface area contributed by atoms with Crippen LogP contribution in [0.2, 0.25) is 0 Å². The Bertz CT molecular complexity index is 982. The lowest BCUT2D eigenvalue weighted by atomic mass is 10.1. The molecule has 1 fully saturated rings. The molecule has 3 heterocycles. The zero-order chi connectivity index (χ0) is 19.0. The zero-order valence-electron chi connectivity index (χ0n) is 15.2. The number of halogens is 1. The number of aromatic amines is 1. The van der Waals surface area contributed by atoms with Crippen LogP contribution in [0.4, 0.5) is 0 Å². The van der Waals surface area contributed by atoms with Crippen molar-refractivity contribution in [3.63, 3.8) is 0 Å². The van der Waals surface area contributed by atoms with Crippen LogP contribution in [0.5, 0.6) is 5.75 Å². The summed E-state index contributed by atoms with van der Waals surface area (Å²) in [5.74, 6) is 2.43. The minimum Gasteiger partial charge on any atom is -0.497 e. The van der Waals surface area contributed by atoms with Gasteiger partial charge in [0.15, 0.2) is 0 Å². The van der Waals surface area contributed by atoms with Crippen molar-refractivity contribution >= 4 is 39.5 Å². The average molecular weight is 480 g/mol. The van der Waals surface area contributed by atoms with Crippen molar-refractivity contribution in [3.8, 4) is 5.75 Å². The van der Waals surface area contributed by atoms with Crippen LogP contribution in [-0.2, 0) is 11.3 Å². The maximum atomic E-state index is 13.2. The highest BCUT2D eigenvalue weighted by atomic mass is 127. The lowest BCUT2D eigenvalue weighted by Gasteiger charge is -2.35. The van der Waals surface area contributed by atoms with E-state index in [-0.39, 0.29) is 18.5 Å². The molecule has 1 saturated heterocycles. The molecule has 2 N–H and O–H groups in total. The van der Waals surface area contributed by atoms with Crippen molar-refractivity contribution < 1.29 is 9.53 Å². The predicted octanol–water partition coefficient (Wildman–Crippen LogP) is 1.85. The molecule has 0 aliphatic carbocycles. The van der Waals surface area contributed by atoms with Crippen molar-refractivity contribution in [2.24, 2.45) is 0 Å². The van der Waals surface area contributed by atoms with Crippen molar-refractivity contribution in [3.05, 3.63) is 39.7 Å². The van der Waals surface area contributed by atoms with Crippen LogP contribution in [0, 0.1) is 10.6 Å². The number of nitrogens with one attached hydrogen (secondary N) is 2. The summed E-state index contributed by atoms with van der Waals surface area (Å²) < 4.78 is 8.24. The SMILES string of the molecule is COc1ccc2nc(C)n(CC(=O)N3CCNC[C@H]3c3ncc(I)[nH]3)c2c1. The number of aryl methyl sites for hydroxylation is 1. The lowest BCUT2D eigenvalue weighted by molar-refractivity contribution is -0.135. The Morgan fingerprint density at radius 3 is 3.04 bits per heavy atom. The largest absolute Gasteiger partial charge is 0.497 e. The van der Waals surface area contributed by atoms with Gasteiger partial charge in [-0.15, -0.1) is 0 Å². The average Bonchev–Trinajstić information content (AvgIpc) is 3.24. The second-order valence-corrected chi connectivity index (χ2v) is 7.69. The van der Waals surface area contributed by atoms with Gasteiger partial charge in [0.05, 0.1) is 28.0 Å². The highest BCUT2D eigenvalue weighted by Crippen LogP contribution is 2.24. The first-order chi connectivity index (χ1) is 13.1. The Morgan fingerprint density at radius 2 is 2.30 bits per heavy atom. The second-order valence-electron chi connectivity index (χ2n) is 6.52. The third-order valence-electron chi connectivity index (χ3n) is 4.88. The van der Waals surface area contributed by atoms with E-state index in [0.717, 1.165) is 38.7 Å². The van der Waals surface area contributed by atoms with Crippen LogP contribution in [0.3, 0.4) is 0 Å². The van der Waals surface area contributed by atoms with E-state index in [9.17, 15) is 4.79 Å². The Balaban J connectivity index is 1.62. The topological polar surface area (TPSA) is 88.1 Å². The minimum atomic E-state index is -0.0978. The molecule has 0 spiro atoms.